The molecule has 0 spiro atoms. The molecule has 0 unspecified atom stereocenters. The van der Waals surface area contributed by atoms with E-state index in [0.29, 0.717) is 19.0 Å². The third-order valence-corrected chi connectivity index (χ3v) is 6.01. The number of nitrogens with zero attached hydrogens (tertiary/aromatic N) is 1. The predicted molar refractivity (Wildman–Crippen MR) is 115 cm³/mol. The number of aliphatic imine (C=N–C) groups is 1. The van der Waals surface area contributed by atoms with E-state index in [1.807, 2.05) is 30.3 Å². The molecule has 1 aliphatic carbocycles. The number of hydrogen-bond acceptors (Lipinski definition) is 3. The first kappa shape index (κ1) is 22.2. The van der Waals surface area contributed by atoms with Crippen molar-refractivity contribution in [2.75, 3.05) is 19.3 Å². The second-order valence-electron chi connectivity index (χ2n) is 6.41. The number of benzene rings is 1. The van der Waals surface area contributed by atoms with Gasteiger partial charge in [-0.1, -0.05) is 49.6 Å². The van der Waals surface area contributed by atoms with E-state index in [4.69, 9.17) is 0 Å². The van der Waals surface area contributed by atoms with Crippen molar-refractivity contribution < 1.29 is 8.42 Å². The Labute approximate surface area is 169 Å². The number of rotatable bonds is 7. The highest BCUT2D eigenvalue weighted by atomic mass is 127. The molecule has 142 valence electrons. The highest BCUT2D eigenvalue weighted by Gasteiger charge is 2.15. The van der Waals surface area contributed by atoms with Gasteiger partial charge in [0.2, 0.25) is 0 Å². The minimum absolute atomic E-state index is 0. The van der Waals surface area contributed by atoms with Gasteiger partial charge in [0.15, 0.2) is 15.8 Å². The molecule has 1 aromatic carbocycles. The van der Waals surface area contributed by atoms with Gasteiger partial charge in [0, 0.05) is 19.6 Å². The van der Waals surface area contributed by atoms with E-state index in [9.17, 15) is 8.42 Å². The first-order valence-corrected chi connectivity index (χ1v) is 10.6. The van der Waals surface area contributed by atoms with E-state index in [1.165, 1.54) is 32.1 Å². The molecular weight excluding hydrogens is 449 g/mol. The van der Waals surface area contributed by atoms with E-state index >= 15 is 0 Å². The second-order valence-corrected chi connectivity index (χ2v) is 8.59. The molecular formula is C18H30IN3O2S. The number of halogens is 1. The maximum atomic E-state index is 12.2. The minimum atomic E-state index is -3.07. The van der Waals surface area contributed by atoms with Crippen LogP contribution in [0.25, 0.3) is 0 Å². The maximum Gasteiger partial charge on any atom is 0.191 e. The number of nitrogens with one attached hydrogen (secondary N) is 2. The molecule has 1 fully saturated rings. The van der Waals surface area contributed by atoms with Crippen molar-refractivity contribution >= 4 is 39.8 Å². The number of sulfone groups is 1. The normalized spacial score (nSPS) is 16.1. The molecule has 0 radical (unpaired) electrons. The standard InChI is InChI=1S/C18H29N3O2S.HI/c1-19-18(21-17-11-6-3-7-12-17)20-13-8-14-24(22,23)15-16-9-4-2-5-10-16;/h2,4-5,9-10,17H,3,6-8,11-15H2,1H3,(H2,19,20,21);1H. The van der Waals surface area contributed by atoms with Crippen LogP contribution in [-0.2, 0) is 15.6 Å². The number of hydrogen-bond donors (Lipinski definition) is 2. The van der Waals surface area contributed by atoms with Gasteiger partial charge < -0.3 is 10.6 Å². The van der Waals surface area contributed by atoms with Crippen molar-refractivity contribution in [3.05, 3.63) is 35.9 Å². The smallest absolute Gasteiger partial charge is 0.191 e. The highest BCUT2D eigenvalue weighted by Crippen LogP contribution is 2.17. The Kier molecular flexibility index (Phi) is 10.4. The van der Waals surface area contributed by atoms with Gasteiger partial charge in [-0.15, -0.1) is 24.0 Å². The Bertz CT molecular complexity index is 614. The summed E-state index contributed by atoms with van der Waals surface area (Å²) in [5.74, 6) is 1.08. The fourth-order valence-corrected chi connectivity index (χ4v) is 4.46. The van der Waals surface area contributed by atoms with Gasteiger partial charge in [0.25, 0.3) is 0 Å². The molecule has 1 saturated carbocycles. The van der Waals surface area contributed by atoms with E-state index < -0.39 is 9.84 Å². The molecule has 0 bridgehead atoms. The van der Waals surface area contributed by atoms with Gasteiger partial charge in [-0.25, -0.2) is 8.42 Å². The topological polar surface area (TPSA) is 70.6 Å². The lowest BCUT2D eigenvalue weighted by Crippen LogP contribution is -2.44. The molecule has 25 heavy (non-hydrogen) atoms. The third-order valence-electron chi connectivity index (χ3n) is 4.32. The molecule has 2 N–H and O–H groups in total. The summed E-state index contributed by atoms with van der Waals surface area (Å²) >= 11 is 0. The quantitative estimate of drug-likeness (QED) is 0.273. The van der Waals surface area contributed by atoms with Crippen LogP contribution in [0.4, 0.5) is 0 Å². The van der Waals surface area contributed by atoms with Crippen molar-refractivity contribution in [2.45, 2.75) is 50.3 Å². The number of guanidine groups is 1. The maximum absolute atomic E-state index is 12.2. The molecule has 1 aromatic rings. The monoisotopic (exact) mass is 479 g/mol. The van der Waals surface area contributed by atoms with E-state index in [2.05, 4.69) is 15.6 Å². The molecule has 5 nitrogen and oxygen atoms in total. The zero-order chi connectivity index (χ0) is 17.3. The Balaban J connectivity index is 0.00000312. The summed E-state index contributed by atoms with van der Waals surface area (Å²) in [6.07, 6.45) is 6.82. The first-order valence-electron chi connectivity index (χ1n) is 8.80. The van der Waals surface area contributed by atoms with E-state index in [0.717, 1.165) is 11.5 Å². The van der Waals surface area contributed by atoms with Crippen LogP contribution in [-0.4, -0.2) is 39.8 Å². The summed E-state index contributed by atoms with van der Waals surface area (Å²) in [6, 6.07) is 9.83. The van der Waals surface area contributed by atoms with Crippen molar-refractivity contribution in [1.29, 1.82) is 0 Å². The summed E-state index contributed by atoms with van der Waals surface area (Å²) < 4.78 is 24.3. The molecule has 0 saturated heterocycles. The third kappa shape index (κ3) is 8.89. The average molecular weight is 479 g/mol. The van der Waals surface area contributed by atoms with Crippen LogP contribution in [0.15, 0.2) is 35.3 Å². The van der Waals surface area contributed by atoms with Crippen molar-refractivity contribution in [1.82, 2.24) is 10.6 Å². The van der Waals surface area contributed by atoms with Crippen LogP contribution in [0.3, 0.4) is 0 Å². The summed E-state index contributed by atoms with van der Waals surface area (Å²) in [5, 5.41) is 6.66. The molecule has 0 atom stereocenters. The summed E-state index contributed by atoms with van der Waals surface area (Å²) in [7, 11) is -1.31. The molecule has 0 aliphatic heterocycles. The average Bonchev–Trinajstić information content (AvgIpc) is 2.59. The SMILES string of the molecule is CN=C(NCCCS(=O)(=O)Cc1ccccc1)NC1CCCCC1.I. The lowest BCUT2D eigenvalue weighted by Gasteiger charge is -2.24. The lowest BCUT2D eigenvalue weighted by atomic mass is 9.96. The first-order chi connectivity index (χ1) is 11.6. The Morgan fingerprint density at radius 2 is 1.84 bits per heavy atom. The van der Waals surface area contributed by atoms with Gasteiger partial charge in [0.05, 0.1) is 11.5 Å². The van der Waals surface area contributed by atoms with Crippen molar-refractivity contribution in [3.63, 3.8) is 0 Å². The van der Waals surface area contributed by atoms with Crippen LogP contribution in [0.2, 0.25) is 0 Å². The second kappa shape index (κ2) is 11.7. The predicted octanol–water partition coefficient (Wildman–Crippen LogP) is 3.11. The van der Waals surface area contributed by atoms with Gasteiger partial charge in [0.1, 0.15) is 0 Å². The van der Waals surface area contributed by atoms with Crippen LogP contribution in [0.5, 0.6) is 0 Å². The van der Waals surface area contributed by atoms with Gasteiger partial charge in [-0.3, -0.25) is 4.99 Å². The fourth-order valence-electron chi connectivity index (χ4n) is 3.03. The Morgan fingerprint density at radius 1 is 1.16 bits per heavy atom. The van der Waals surface area contributed by atoms with Gasteiger partial charge in [-0.05, 0) is 24.8 Å². The van der Waals surface area contributed by atoms with Crippen LogP contribution in [0, 0.1) is 0 Å². The van der Waals surface area contributed by atoms with E-state index in [-0.39, 0.29) is 35.5 Å². The van der Waals surface area contributed by atoms with Crippen LogP contribution in [0.1, 0.15) is 44.1 Å². The van der Waals surface area contributed by atoms with Gasteiger partial charge in [-0.2, -0.15) is 0 Å². The minimum Gasteiger partial charge on any atom is -0.356 e. The fraction of sp³-hybridized carbons (Fsp3) is 0.611. The Morgan fingerprint density at radius 3 is 2.48 bits per heavy atom. The highest BCUT2D eigenvalue weighted by molar-refractivity contribution is 14.0. The largest absolute Gasteiger partial charge is 0.356 e. The molecule has 0 heterocycles. The lowest BCUT2D eigenvalue weighted by molar-refractivity contribution is 0.410. The molecule has 2 rings (SSSR count). The zero-order valence-electron chi connectivity index (χ0n) is 14.9. The molecule has 7 heteroatoms. The summed E-state index contributed by atoms with van der Waals surface area (Å²) in [6.45, 7) is 0.612. The van der Waals surface area contributed by atoms with Crippen molar-refractivity contribution in [3.8, 4) is 0 Å². The molecule has 0 aromatic heterocycles. The molecule has 1 aliphatic rings. The van der Waals surface area contributed by atoms with Crippen molar-refractivity contribution in [2.24, 2.45) is 4.99 Å². The van der Waals surface area contributed by atoms with E-state index in [1.54, 1.807) is 7.05 Å². The van der Waals surface area contributed by atoms with Gasteiger partial charge >= 0.3 is 0 Å². The summed E-state index contributed by atoms with van der Waals surface area (Å²) in [4.78, 5) is 4.23. The Hall–Kier alpha value is -0.830. The van der Waals surface area contributed by atoms with Crippen LogP contribution < -0.4 is 10.6 Å². The van der Waals surface area contributed by atoms with Crippen LogP contribution >= 0.6 is 24.0 Å². The summed E-state index contributed by atoms with van der Waals surface area (Å²) in [5.41, 5.74) is 0.847. The zero-order valence-corrected chi connectivity index (χ0v) is 18.1. The molecule has 0 amide bonds.